The quantitative estimate of drug-likeness (QED) is 0.286. The van der Waals surface area contributed by atoms with Crippen LogP contribution in [0.25, 0.3) is 0 Å². The van der Waals surface area contributed by atoms with Gasteiger partial charge >= 0.3 is 0 Å². The smallest absolute Gasteiger partial charge is 0.233 e. The Morgan fingerprint density at radius 2 is 2.14 bits per heavy atom. The molecule has 9 nitrogen and oxygen atoms in total. The van der Waals surface area contributed by atoms with E-state index in [2.05, 4.69) is 32.8 Å². The molecule has 3 heterocycles. The van der Waals surface area contributed by atoms with Crippen LogP contribution >= 0.6 is 23.4 Å². The third-order valence-corrected chi connectivity index (χ3v) is 7.11. The molecule has 35 heavy (non-hydrogen) atoms. The van der Waals surface area contributed by atoms with Crippen molar-refractivity contribution < 1.29 is 9.59 Å². The van der Waals surface area contributed by atoms with Gasteiger partial charge in [0.15, 0.2) is 5.16 Å². The molecule has 2 amide bonds. The van der Waals surface area contributed by atoms with E-state index in [1.807, 2.05) is 17.0 Å². The lowest BCUT2D eigenvalue weighted by Crippen LogP contribution is -2.54. The van der Waals surface area contributed by atoms with Gasteiger partial charge in [0, 0.05) is 63.1 Å². The van der Waals surface area contributed by atoms with Gasteiger partial charge in [-0.05, 0) is 31.4 Å². The normalized spacial score (nSPS) is 17.7. The molecule has 0 radical (unpaired) electrons. The fraction of sp³-hybridized carbons (Fsp3) is 0.500. The molecule has 0 spiro atoms. The lowest BCUT2D eigenvalue weighted by atomic mass is 10.1. The molecule has 0 bridgehead atoms. The predicted molar refractivity (Wildman–Crippen MR) is 134 cm³/mol. The number of hydrogen-bond acceptors (Lipinski definition) is 8. The maximum absolute atomic E-state index is 12.9. The summed E-state index contributed by atoms with van der Waals surface area (Å²) in [7, 11) is 0. The number of nitriles is 1. The second-order valence-electron chi connectivity index (χ2n) is 8.81. The number of amides is 2. The number of rotatable bonds is 9. The van der Waals surface area contributed by atoms with Gasteiger partial charge in [-0.15, -0.1) is 0 Å². The number of halogens is 1. The van der Waals surface area contributed by atoms with E-state index in [1.165, 1.54) is 11.8 Å². The van der Waals surface area contributed by atoms with E-state index in [0.717, 1.165) is 18.4 Å². The Balaban J connectivity index is 1.38. The largest absolute Gasteiger partial charge is 0.353 e. The Morgan fingerprint density at radius 3 is 2.83 bits per heavy atom. The second kappa shape index (κ2) is 11.7. The summed E-state index contributed by atoms with van der Waals surface area (Å²) < 4.78 is 0. The molecule has 1 atom stereocenters. The van der Waals surface area contributed by atoms with Crippen LogP contribution in [0.1, 0.15) is 31.7 Å². The zero-order valence-electron chi connectivity index (χ0n) is 19.6. The zero-order chi connectivity index (χ0) is 24.8. The molecule has 2 aliphatic rings. The highest BCUT2D eigenvalue weighted by molar-refractivity contribution is 7.99. The molecule has 1 aliphatic heterocycles. The maximum atomic E-state index is 12.9. The van der Waals surface area contributed by atoms with Gasteiger partial charge in [0.2, 0.25) is 11.8 Å². The lowest BCUT2D eigenvalue weighted by molar-refractivity contribution is -0.135. The van der Waals surface area contributed by atoms with Crippen LogP contribution in [0.4, 0.5) is 5.82 Å². The van der Waals surface area contributed by atoms with Gasteiger partial charge in [0.25, 0.3) is 0 Å². The fourth-order valence-electron chi connectivity index (χ4n) is 4.08. The highest BCUT2D eigenvalue weighted by Gasteiger charge is 2.37. The predicted octanol–water partition coefficient (Wildman–Crippen LogP) is 3.01. The minimum Gasteiger partial charge on any atom is -0.353 e. The number of aromatic nitrogens is 3. The zero-order valence-corrected chi connectivity index (χ0v) is 21.2. The number of carbonyl (C=O) groups is 2. The summed E-state index contributed by atoms with van der Waals surface area (Å²) in [5, 5.41) is 9.72. The number of piperazine rings is 1. The van der Waals surface area contributed by atoms with Crippen LogP contribution in [0.5, 0.6) is 0 Å². The van der Waals surface area contributed by atoms with Crippen molar-refractivity contribution in [1.29, 1.82) is 5.26 Å². The highest BCUT2D eigenvalue weighted by atomic mass is 35.5. The van der Waals surface area contributed by atoms with Crippen molar-refractivity contribution in [1.82, 2.24) is 24.8 Å². The topological polar surface area (TPSA) is 106 Å². The lowest BCUT2D eigenvalue weighted by Gasteiger charge is -2.40. The van der Waals surface area contributed by atoms with Crippen molar-refractivity contribution in [2.24, 2.45) is 5.92 Å². The van der Waals surface area contributed by atoms with E-state index in [9.17, 15) is 9.59 Å². The van der Waals surface area contributed by atoms with Gasteiger partial charge in [0.05, 0.1) is 18.2 Å². The monoisotopic (exact) mass is 513 g/mol. The second-order valence-corrected chi connectivity index (χ2v) is 10.1. The molecule has 0 N–H and O–H groups in total. The molecule has 2 aromatic rings. The Hall–Kier alpha value is -2.90. The van der Waals surface area contributed by atoms with Gasteiger partial charge in [-0.2, -0.15) is 5.26 Å². The van der Waals surface area contributed by atoms with Crippen molar-refractivity contribution in [3.63, 3.8) is 0 Å². The van der Waals surface area contributed by atoms with Crippen LogP contribution in [0.3, 0.4) is 0 Å². The summed E-state index contributed by atoms with van der Waals surface area (Å²) in [5.74, 6) is 1.19. The molecule has 1 unspecified atom stereocenters. The van der Waals surface area contributed by atoms with Crippen molar-refractivity contribution >= 4 is 41.0 Å². The first-order valence-corrected chi connectivity index (χ1v) is 13.1. The Morgan fingerprint density at radius 1 is 1.31 bits per heavy atom. The Labute approximate surface area is 214 Å². The molecular formula is C24H28ClN7O2S. The Kier molecular flexibility index (Phi) is 8.42. The number of nitrogens with zero attached hydrogens (tertiary/aromatic N) is 7. The summed E-state index contributed by atoms with van der Waals surface area (Å²) in [6, 6.07) is 7.63. The number of pyridine rings is 1. The molecular weight excluding hydrogens is 486 g/mol. The van der Waals surface area contributed by atoms with Crippen LogP contribution in [0, 0.1) is 17.2 Å². The molecule has 1 aliphatic carbocycles. The number of anilines is 1. The minimum atomic E-state index is -0.111. The van der Waals surface area contributed by atoms with Crippen LogP contribution in [0.15, 0.2) is 35.7 Å². The van der Waals surface area contributed by atoms with Gasteiger partial charge in [-0.25, -0.2) is 9.97 Å². The van der Waals surface area contributed by atoms with Crippen LogP contribution < -0.4 is 4.90 Å². The average Bonchev–Trinajstić information content (AvgIpc) is 3.70. The summed E-state index contributed by atoms with van der Waals surface area (Å²) in [6.45, 7) is 4.78. The molecule has 2 fully saturated rings. The highest BCUT2D eigenvalue weighted by Crippen LogP contribution is 2.33. The van der Waals surface area contributed by atoms with E-state index in [0.29, 0.717) is 48.9 Å². The molecule has 1 saturated carbocycles. The Bertz CT molecular complexity index is 1090. The van der Waals surface area contributed by atoms with E-state index in [-0.39, 0.29) is 35.9 Å². The molecule has 0 aromatic carbocycles. The molecule has 184 valence electrons. The van der Waals surface area contributed by atoms with Crippen molar-refractivity contribution in [2.45, 2.75) is 43.9 Å². The molecule has 2 aromatic heterocycles. The minimum absolute atomic E-state index is 0.0874. The van der Waals surface area contributed by atoms with Gasteiger partial charge in [-0.1, -0.05) is 29.4 Å². The van der Waals surface area contributed by atoms with Crippen LogP contribution in [0.2, 0.25) is 5.15 Å². The van der Waals surface area contributed by atoms with Crippen molar-refractivity contribution in [3.8, 4) is 6.07 Å². The summed E-state index contributed by atoms with van der Waals surface area (Å²) in [4.78, 5) is 44.2. The summed E-state index contributed by atoms with van der Waals surface area (Å²) in [5.41, 5.74) is 0.901. The third kappa shape index (κ3) is 6.83. The number of carbonyl (C=O) groups excluding carboxylic acids is 2. The first-order chi connectivity index (χ1) is 16.9. The summed E-state index contributed by atoms with van der Waals surface area (Å²) >= 11 is 7.52. The van der Waals surface area contributed by atoms with E-state index in [1.54, 1.807) is 23.4 Å². The van der Waals surface area contributed by atoms with Gasteiger partial charge in [-0.3, -0.25) is 14.6 Å². The third-order valence-electron chi connectivity index (χ3n) is 6.09. The van der Waals surface area contributed by atoms with E-state index >= 15 is 0 Å². The van der Waals surface area contributed by atoms with Crippen molar-refractivity contribution in [3.05, 3.63) is 41.3 Å². The van der Waals surface area contributed by atoms with Crippen LogP contribution in [-0.2, 0) is 16.1 Å². The first-order valence-electron chi connectivity index (χ1n) is 11.7. The van der Waals surface area contributed by atoms with E-state index < -0.39 is 0 Å². The number of hydrogen-bond donors (Lipinski definition) is 0. The standard InChI is InChI=1S/C24H28ClN7O2S/c1-17-14-30(10-11-32(17)23(34)19-5-6-19)21-12-20(25)28-24(29-21)35-16-22(33)31(9-3-7-26)15-18-4-2-8-27-13-18/h2,4,8,12-13,17,19H,3,5-6,9-11,14-16H2,1H3. The fourth-order valence-corrected chi connectivity index (χ4v) is 5.06. The number of thioether (sulfide) groups is 1. The van der Waals surface area contributed by atoms with Gasteiger partial charge in [0.1, 0.15) is 11.0 Å². The first kappa shape index (κ1) is 25.2. The maximum Gasteiger partial charge on any atom is 0.233 e. The SMILES string of the molecule is CC1CN(c2cc(Cl)nc(SCC(=O)N(CCC#N)Cc3cccnc3)n2)CCN1C(=O)C1CC1. The van der Waals surface area contributed by atoms with Gasteiger partial charge < -0.3 is 14.7 Å². The molecule has 4 rings (SSSR count). The summed E-state index contributed by atoms with van der Waals surface area (Å²) in [6.07, 6.45) is 5.65. The van der Waals surface area contributed by atoms with Crippen molar-refractivity contribution in [2.75, 3.05) is 36.8 Å². The molecule has 11 heteroatoms. The van der Waals surface area contributed by atoms with E-state index in [4.69, 9.17) is 16.9 Å². The average molecular weight is 514 g/mol. The van der Waals surface area contributed by atoms with Crippen LogP contribution in [-0.4, -0.2) is 74.5 Å². The molecule has 1 saturated heterocycles.